The molecule has 0 spiro atoms. The van der Waals surface area contributed by atoms with Crippen molar-refractivity contribution in [2.24, 2.45) is 5.92 Å². The van der Waals surface area contributed by atoms with Crippen molar-refractivity contribution in [2.45, 2.75) is 38.8 Å². The molecule has 1 aromatic heterocycles. The van der Waals surface area contributed by atoms with Crippen LogP contribution in [0.1, 0.15) is 32.9 Å². The Morgan fingerprint density at radius 3 is 2.73 bits per heavy atom. The second-order valence-electron chi connectivity index (χ2n) is 7.88. The number of esters is 1. The van der Waals surface area contributed by atoms with Crippen molar-refractivity contribution in [2.75, 3.05) is 6.61 Å². The number of carbonyl (C=O) groups excluding carboxylic acids is 2. The second-order valence-corrected chi connectivity index (χ2v) is 7.88. The van der Waals surface area contributed by atoms with Crippen LogP contribution < -0.4 is 10.8 Å². The number of hydrogen-bond donors (Lipinski definition) is 3. The summed E-state index contributed by atoms with van der Waals surface area (Å²) in [7, 11) is 0. The number of fused-ring (bicyclic) bond motifs is 1. The molecule has 2 aromatic rings. The van der Waals surface area contributed by atoms with Crippen LogP contribution in [0.25, 0.3) is 16.5 Å². The van der Waals surface area contributed by atoms with Gasteiger partial charge in [-0.15, -0.1) is 0 Å². The number of nitrogens with zero attached hydrogens (tertiary/aromatic N) is 1. The van der Waals surface area contributed by atoms with E-state index in [9.17, 15) is 19.5 Å². The minimum Gasteiger partial charge on any atom is -0.481 e. The lowest BCUT2D eigenvalue weighted by molar-refractivity contribution is -0.150. The predicted molar refractivity (Wildman–Crippen MR) is 121 cm³/mol. The number of hydrogen-bond acceptors (Lipinski definition) is 7. The second kappa shape index (κ2) is 10.3. The Morgan fingerprint density at radius 2 is 2.03 bits per heavy atom. The Labute approximate surface area is 191 Å². The first-order valence-corrected chi connectivity index (χ1v) is 10.7. The molecule has 0 saturated carbocycles. The van der Waals surface area contributed by atoms with E-state index in [4.69, 9.17) is 9.57 Å². The van der Waals surface area contributed by atoms with E-state index in [1.54, 1.807) is 19.2 Å². The van der Waals surface area contributed by atoms with E-state index >= 15 is 0 Å². The third-order valence-corrected chi connectivity index (χ3v) is 5.29. The average Bonchev–Trinajstić information content (AvgIpc) is 3.24. The molecule has 3 N–H and O–H groups in total. The highest BCUT2D eigenvalue weighted by Gasteiger charge is 2.47. The molecule has 9 nitrogen and oxygen atoms in total. The number of amides is 1. The number of aromatic nitrogens is 1. The largest absolute Gasteiger partial charge is 0.481 e. The highest BCUT2D eigenvalue weighted by molar-refractivity contribution is 5.96. The Morgan fingerprint density at radius 1 is 1.27 bits per heavy atom. The summed E-state index contributed by atoms with van der Waals surface area (Å²) in [6, 6.07) is 8.68. The first-order valence-electron chi connectivity index (χ1n) is 10.7. The number of nitrogens with one attached hydrogen (secondary N) is 2. The standard InChI is InChI=1S/C24H27N3O6/c1-4-32-21(30)10-9-17(13-20(28)29)26-23(31)24(15(2)3)14-19(27-33-24)22-18-8-6-5-7-16(18)11-12-25-22/h5-12,14-15,17,27H,4,13H2,1-3H3,(H,26,31)(H,28,29)/t17-,24-/m1/s1. The van der Waals surface area contributed by atoms with Crippen molar-refractivity contribution in [3.63, 3.8) is 0 Å². The van der Waals surface area contributed by atoms with Crippen molar-refractivity contribution in [1.82, 2.24) is 15.8 Å². The van der Waals surface area contributed by atoms with Gasteiger partial charge < -0.3 is 15.2 Å². The molecular weight excluding hydrogens is 426 g/mol. The van der Waals surface area contributed by atoms with Gasteiger partial charge in [0.05, 0.1) is 30.5 Å². The summed E-state index contributed by atoms with van der Waals surface area (Å²) in [5.74, 6) is -2.60. The SMILES string of the molecule is CCOC(=O)C=C[C@H](CC(=O)O)NC(=O)[C@]1(C(C)C)C=C(c2nccc3ccccc23)NO1. The number of aliphatic carboxylic acids is 1. The first kappa shape index (κ1) is 23.9. The highest BCUT2D eigenvalue weighted by Crippen LogP contribution is 2.34. The number of ether oxygens (including phenoxy) is 1. The van der Waals surface area contributed by atoms with Crippen LogP contribution in [-0.4, -0.2) is 46.2 Å². The van der Waals surface area contributed by atoms with Gasteiger partial charge in [-0.25, -0.2) is 4.79 Å². The summed E-state index contributed by atoms with van der Waals surface area (Å²) >= 11 is 0. The molecule has 33 heavy (non-hydrogen) atoms. The molecule has 1 aromatic carbocycles. The summed E-state index contributed by atoms with van der Waals surface area (Å²) in [4.78, 5) is 46.5. The Balaban J connectivity index is 1.90. The van der Waals surface area contributed by atoms with Crippen LogP contribution in [0, 0.1) is 5.92 Å². The summed E-state index contributed by atoms with van der Waals surface area (Å²) in [6.07, 6.45) is 5.34. The molecule has 3 rings (SSSR count). The zero-order valence-electron chi connectivity index (χ0n) is 18.7. The van der Waals surface area contributed by atoms with Crippen LogP contribution in [0.3, 0.4) is 0 Å². The molecule has 1 aliphatic heterocycles. The summed E-state index contributed by atoms with van der Waals surface area (Å²) < 4.78 is 4.82. The summed E-state index contributed by atoms with van der Waals surface area (Å²) in [5, 5.41) is 13.8. The van der Waals surface area contributed by atoms with Crippen molar-refractivity contribution in [3.8, 4) is 0 Å². The molecule has 0 bridgehead atoms. The Bertz CT molecular complexity index is 1110. The lowest BCUT2D eigenvalue weighted by atomic mass is 9.88. The van der Waals surface area contributed by atoms with E-state index in [1.165, 1.54) is 6.08 Å². The maximum Gasteiger partial charge on any atom is 0.330 e. The van der Waals surface area contributed by atoms with E-state index in [1.807, 2.05) is 44.2 Å². The van der Waals surface area contributed by atoms with Gasteiger partial charge in [0.1, 0.15) is 0 Å². The summed E-state index contributed by atoms with van der Waals surface area (Å²) in [5.41, 5.74) is 2.58. The Hall–Kier alpha value is -3.72. The number of hydroxylamine groups is 1. The van der Waals surface area contributed by atoms with E-state index in [-0.39, 0.29) is 12.5 Å². The number of benzene rings is 1. The first-order chi connectivity index (χ1) is 15.8. The third-order valence-electron chi connectivity index (χ3n) is 5.29. The van der Waals surface area contributed by atoms with Crippen LogP contribution >= 0.6 is 0 Å². The monoisotopic (exact) mass is 453 g/mol. The maximum atomic E-state index is 13.3. The van der Waals surface area contributed by atoms with E-state index in [2.05, 4.69) is 15.8 Å². The van der Waals surface area contributed by atoms with Crippen molar-refractivity contribution < 1.29 is 29.1 Å². The van der Waals surface area contributed by atoms with Gasteiger partial charge in [-0.1, -0.05) is 44.2 Å². The highest BCUT2D eigenvalue weighted by atomic mass is 16.7. The zero-order valence-corrected chi connectivity index (χ0v) is 18.7. The van der Waals surface area contributed by atoms with Gasteiger partial charge in [0.2, 0.25) is 0 Å². The molecule has 0 unspecified atom stereocenters. The zero-order chi connectivity index (χ0) is 24.0. The van der Waals surface area contributed by atoms with Crippen molar-refractivity contribution in [3.05, 3.63) is 60.5 Å². The van der Waals surface area contributed by atoms with E-state index < -0.39 is 35.9 Å². The van der Waals surface area contributed by atoms with Gasteiger partial charge in [-0.3, -0.25) is 24.9 Å². The van der Waals surface area contributed by atoms with Crippen molar-refractivity contribution in [1.29, 1.82) is 0 Å². The molecule has 0 radical (unpaired) electrons. The van der Waals surface area contributed by atoms with Crippen LogP contribution in [0.15, 0.2) is 54.8 Å². The van der Waals surface area contributed by atoms with Crippen LogP contribution in [0.4, 0.5) is 0 Å². The quantitative estimate of drug-likeness (QED) is 0.391. The molecule has 2 heterocycles. The minimum absolute atomic E-state index is 0.185. The lowest BCUT2D eigenvalue weighted by Crippen LogP contribution is -2.53. The molecule has 1 amide bonds. The Kier molecular flexibility index (Phi) is 7.44. The van der Waals surface area contributed by atoms with Crippen LogP contribution in [0.2, 0.25) is 0 Å². The molecule has 0 saturated heterocycles. The third kappa shape index (κ3) is 5.38. The minimum atomic E-state index is -1.41. The topological polar surface area (TPSA) is 127 Å². The van der Waals surface area contributed by atoms with Gasteiger partial charge >= 0.3 is 11.9 Å². The fourth-order valence-corrected chi connectivity index (χ4v) is 3.54. The molecule has 9 heteroatoms. The molecular formula is C24H27N3O6. The predicted octanol–water partition coefficient (Wildman–Crippen LogP) is 2.58. The average molecular weight is 453 g/mol. The number of pyridine rings is 1. The lowest BCUT2D eigenvalue weighted by Gasteiger charge is -2.29. The maximum absolute atomic E-state index is 13.3. The normalized spacial score (nSPS) is 18.7. The van der Waals surface area contributed by atoms with E-state index in [0.717, 1.165) is 16.8 Å². The fraction of sp³-hybridized carbons (Fsp3) is 0.333. The van der Waals surface area contributed by atoms with E-state index in [0.29, 0.717) is 11.4 Å². The van der Waals surface area contributed by atoms with Gasteiger partial charge in [0.25, 0.3) is 5.91 Å². The molecule has 1 aliphatic rings. The molecule has 0 fully saturated rings. The fourth-order valence-electron chi connectivity index (χ4n) is 3.54. The van der Waals surface area contributed by atoms with Crippen molar-refractivity contribution >= 4 is 34.3 Å². The number of carboxylic acids is 1. The van der Waals surface area contributed by atoms with Gasteiger partial charge in [-0.05, 0) is 30.4 Å². The van der Waals surface area contributed by atoms with Crippen LogP contribution in [-0.2, 0) is 24.0 Å². The molecule has 174 valence electrons. The van der Waals surface area contributed by atoms with Gasteiger partial charge in [-0.2, -0.15) is 0 Å². The molecule has 2 atom stereocenters. The number of carboxylic acid groups (broad SMARTS) is 1. The summed E-state index contributed by atoms with van der Waals surface area (Å²) in [6.45, 7) is 5.48. The molecule has 0 aliphatic carbocycles. The van der Waals surface area contributed by atoms with Crippen LogP contribution in [0.5, 0.6) is 0 Å². The van der Waals surface area contributed by atoms with Gasteiger partial charge in [0.15, 0.2) is 5.60 Å². The smallest absolute Gasteiger partial charge is 0.330 e. The van der Waals surface area contributed by atoms with Gasteiger partial charge in [0, 0.05) is 17.7 Å². The number of rotatable bonds is 9. The number of carbonyl (C=O) groups is 3.